The van der Waals surface area contributed by atoms with E-state index >= 15 is 0 Å². The quantitative estimate of drug-likeness (QED) is 0.592. The molecule has 2 aliphatic rings. The molecular weight excluding hydrogens is 386 g/mol. The molecule has 7 nitrogen and oxygen atoms in total. The molecule has 2 fully saturated rings. The molecule has 3 heterocycles. The number of rotatable bonds is 5. The largest absolute Gasteiger partial charge is 0.352 e. The summed E-state index contributed by atoms with van der Waals surface area (Å²) in [7, 11) is 1.87. The van der Waals surface area contributed by atoms with Crippen molar-refractivity contribution in [3.63, 3.8) is 0 Å². The van der Waals surface area contributed by atoms with Gasteiger partial charge in [0.15, 0.2) is 5.96 Å². The van der Waals surface area contributed by atoms with Crippen LogP contribution in [0.3, 0.4) is 0 Å². The van der Waals surface area contributed by atoms with Crippen LogP contribution in [0.1, 0.15) is 30.9 Å². The summed E-state index contributed by atoms with van der Waals surface area (Å²) in [6.07, 6.45) is 6.28. The Hall–Kier alpha value is -2.67. The molecule has 1 unspecified atom stereocenters. The van der Waals surface area contributed by atoms with Crippen molar-refractivity contribution in [1.82, 2.24) is 25.1 Å². The van der Waals surface area contributed by atoms with Gasteiger partial charge in [-0.2, -0.15) is 0 Å². The van der Waals surface area contributed by atoms with Crippen LogP contribution < -0.4 is 10.2 Å². The molecule has 0 aliphatic carbocycles. The lowest BCUT2D eigenvalue weighted by Crippen LogP contribution is -2.52. The van der Waals surface area contributed by atoms with Gasteiger partial charge in [-0.3, -0.25) is 9.89 Å². The molecule has 0 radical (unpaired) electrons. The van der Waals surface area contributed by atoms with Crippen LogP contribution in [0.15, 0.2) is 47.7 Å². The molecule has 0 saturated carbocycles. The molecule has 2 saturated heterocycles. The first kappa shape index (κ1) is 21.6. The Morgan fingerprint density at radius 2 is 1.77 bits per heavy atom. The number of nitrogens with one attached hydrogen (secondary N) is 1. The van der Waals surface area contributed by atoms with Crippen LogP contribution in [0.25, 0.3) is 0 Å². The van der Waals surface area contributed by atoms with Crippen molar-refractivity contribution in [1.29, 1.82) is 0 Å². The van der Waals surface area contributed by atoms with E-state index in [1.807, 2.05) is 13.1 Å². The highest BCUT2D eigenvalue weighted by molar-refractivity contribution is 5.80. The van der Waals surface area contributed by atoms with Gasteiger partial charge >= 0.3 is 0 Å². The summed E-state index contributed by atoms with van der Waals surface area (Å²) < 4.78 is 0. The Morgan fingerprint density at radius 3 is 2.48 bits per heavy atom. The number of hydrogen-bond acceptors (Lipinski definition) is 5. The number of piperidine rings is 1. The smallest absolute Gasteiger partial charge is 0.225 e. The Bertz CT molecular complexity index is 846. The molecule has 1 N–H and O–H groups in total. The lowest BCUT2D eigenvalue weighted by Gasteiger charge is -2.36. The lowest BCUT2D eigenvalue weighted by molar-refractivity contribution is 0.176. The van der Waals surface area contributed by atoms with E-state index in [2.05, 4.69) is 66.2 Å². The average Bonchev–Trinajstić information content (AvgIpc) is 2.81. The minimum Gasteiger partial charge on any atom is -0.352 e. The summed E-state index contributed by atoms with van der Waals surface area (Å²) in [5.41, 5.74) is 2.78. The zero-order chi connectivity index (χ0) is 21.5. The van der Waals surface area contributed by atoms with Gasteiger partial charge in [0.1, 0.15) is 0 Å². The third kappa shape index (κ3) is 5.73. The van der Waals surface area contributed by atoms with E-state index in [0.717, 1.165) is 57.1 Å². The van der Waals surface area contributed by atoms with Gasteiger partial charge in [-0.05, 0) is 42.5 Å². The van der Waals surface area contributed by atoms with Gasteiger partial charge in [-0.25, -0.2) is 9.97 Å². The van der Waals surface area contributed by atoms with Crippen molar-refractivity contribution in [2.75, 3.05) is 51.2 Å². The molecule has 4 rings (SSSR count). The topological polar surface area (TPSA) is 59.9 Å². The first-order chi connectivity index (χ1) is 15.2. The third-order valence-corrected chi connectivity index (χ3v) is 6.32. The van der Waals surface area contributed by atoms with Crippen molar-refractivity contribution in [3.05, 3.63) is 53.9 Å². The summed E-state index contributed by atoms with van der Waals surface area (Å²) >= 11 is 0. The molecular formula is C24H35N7. The summed E-state index contributed by atoms with van der Waals surface area (Å²) in [5.74, 6) is 2.58. The van der Waals surface area contributed by atoms with Gasteiger partial charge in [0, 0.05) is 65.3 Å². The minimum atomic E-state index is 0.800. The fourth-order valence-electron chi connectivity index (χ4n) is 4.63. The predicted octanol–water partition coefficient (Wildman–Crippen LogP) is 2.61. The molecule has 0 spiro atoms. The van der Waals surface area contributed by atoms with Crippen LogP contribution >= 0.6 is 0 Å². The van der Waals surface area contributed by atoms with Gasteiger partial charge in [-0.15, -0.1) is 0 Å². The molecule has 2 aromatic rings. The first-order valence-corrected chi connectivity index (χ1v) is 11.5. The number of nitrogens with zero attached hydrogens (tertiary/aromatic N) is 6. The number of aromatic nitrogens is 2. The third-order valence-electron chi connectivity index (χ3n) is 6.32. The zero-order valence-corrected chi connectivity index (χ0v) is 18.9. The second-order valence-corrected chi connectivity index (χ2v) is 8.67. The van der Waals surface area contributed by atoms with Crippen molar-refractivity contribution in [2.24, 2.45) is 10.9 Å². The lowest BCUT2D eigenvalue weighted by atomic mass is 9.99. The van der Waals surface area contributed by atoms with E-state index in [9.17, 15) is 0 Å². The van der Waals surface area contributed by atoms with E-state index in [1.165, 1.54) is 37.1 Å². The number of guanidine groups is 1. The highest BCUT2D eigenvalue weighted by Gasteiger charge is 2.21. The fraction of sp³-hybridized carbons (Fsp3) is 0.542. The minimum absolute atomic E-state index is 0.800. The van der Waals surface area contributed by atoms with E-state index < -0.39 is 0 Å². The highest BCUT2D eigenvalue weighted by Crippen LogP contribution is 2.19. The molecule has 1 aromatic carbocycles. The molecule has 166 valence electrons. The number of anilines is 1. The van der Waals surface area contributed by atoms with Crippen LogP contribution in [-0.4, -0.2) is 72.0 Å². The molecule has 2 aliphatic heterocycles. The average molecular weight is 422 g/mol. The summed E-state index contributed by atoms with van der Waals surface area (Å²) in [5, 5.41) is 3.60. The summed E-state index contributed by atoms with van der Waals surface area (Å²) in [6.45, 7) is 10.2. The second-order valence-electron chi connectivity index (χ2n) is 8.67. The first-order valence-electron chi connectivity index (χ1n) is 11.5. The zero-order valence-electron chi connectivity index (χ0n) is 18.9. The standard InChI is InChI=1S/C24H35N7/c1-20-7-5-12-29(18-20)19-22-9-4-3-8-21(22)17-28-23(25-2)30-13-15-31(16-14-30)24-26-10-6-11-27-24/h3-4,6,8-11,20H,5,7,12-19H2,1-2H3,(H,25,28). The van der Waals surface area contributed by atoms with Crippen molar-refractivity contribution < 1.29 is 0 Å². The van der Waals surface area contributed by atoms with Crippen LogP contribution in [0, 0.1) is 5.92 Å². The van der Waals surface area contributed by atoms with E-state index in [4.69, 9.17) is 0 Å². The maximum Gasteiger partial charge on any atom is 0.225 e. The SMILES string of the molecule is CN=C(NCc1ccccc1CN1CCCC(C)C1)N1CCN(c2ncccn2)CC1. The van der Waals surface area contributed by atoms with Crippen LogP contribution in [0.5, 0.6) is 0 Å². The Labute approximate surface area is 186 Å². The van der Waals surface area contributed by atoms with Gasteiger partial charge in [0.25, 0.3) is 0 Å². The maximum atomic E-state index is 4.55. The van der Waals surface area contributed by atoms with Gasteiger partial charge < -0.3 is 15.1 Å². The van der Waals surface area contributed by atoms with Gasteiger partial charge in [0.05, 0.1) is 0 Å². The van der Waals surface area contributed by atoms with Gasteiger partial charge in [-0.1, -0.05) is 31.2 Å². The van der Waals surface area contributed by atoms with Crippen molar-refractivity contribution >= 4 is 11.9 Å². The number of aliphatic imine (C=N–C) groups is 1. The highest BCUT2D eigenvalue weighted by atomic mass is 15.4. The van der Waals surface area contributed by atoms with Crippen molar-refractivity contribution in [3.8, 4) is 0 Å². The van der Waals surface area contributed by atoms with E-state index in [1.54, 1.807) is 12.4 Å². The second kappa shape index (κ2) is 10.6. The monoisotopic (exact) mass is 421 g/mol. The molecule has 0 amide bonds. The Kier molecular flexibility index (Phi) is 7.35. The molecule has 7 heteroatoms. The summed E-state index contributed by atoms with van der Waals surface area (Å²) in [4.78, 5) is 20.5. The van der Waals surface area contributed by atoms with Gasteiger partial charge in [0.2, 0.25) is 5.95 Å². The van der Waals surface area contributed by atoms with E-state index in [0.29, 0.717) is 0 Å². The predicted molar refractivity (Wildman–Crippen MR) is 126 cm³/mol. The molecule has 1 aromatic heterocycles. The van der Waals surface area contributed by atoms with Crippen LogP contribution in [0.4, 0.5) is 5.95 Å². The molecule has 1 atom stereocenters. The number of piperazine rings is 1. The molecule has 31 heavy (non-hydrogen) atoms. The van der Waals surface area contributed by atoms with E-state index in [-0.39, 0.29) is 0 Å². The van der Waals surface area contributed by atoms with Crippen LogP contribution in [0.2, 0.25) is 0 Å². The number of likely N-dealkylation sites (tertiary alicyclic amines) is 1. The maximum absolute atomic E-state index is 4.55. The number of hydrogen-bond donors (Lipinski definition) is 1. The van der Waals surface area contributed by atoms with Crippen LogP contribution in [-0.2, 0) is 13.1 Å². The summed E-state index contributed by atoms with van der Waals surface area (Å²) in [6, 6.07) is 10.7. The Morgan fingerprint density at radius 1 is 1.03 bits per heavy atom. The molecule has 0 bridgehead atoms. The normalized spacial score (nSPS) is 20.7. The van der Waals surface area contributed by atoms with Crippen molar-refractivity contribution in [2.45, 2.75) is 32.9 Å². The Balaban J connectivity index is 1.32. The number of benzene rings is 1. The fourth-order valence-corrected chi connectivity index (χ4v) is 4.63.